The maximum atomic E-state index is 13.6. The van der Waals surface area contributed by atoms with E-state index in [-0.39, 0.29) is 35.0 Å². The molecule has 4 aromatic rings. The number of anilines is 2. The van der Waals surface area contributed by atoms with Crippen LogP contribution in [0.15, 0.2) is 48.5 Å². The molecular formula is C26H27ClFN5OS. The molecule has 35 heavy (non-hydrogen) atoms. The van der Waals surface area contributed by atoms with Gasteiger partial charge in [0.25, 0.3) is 0 Å². The molecule has 1 aliphatic carbocycles. The first-order chi connectivity index (χ1) is 16.9. The van der Waals surface area contributed by atoms with Crippen LogP contribution < -0.4 is 10.6 Å². The Hall–Kier alpha value is -2.81. The third-order valence-electron chi connectivity index (χ3n) is 7.10. The molecule has 0 spiro atoms. The molecule has 2 aromatic heterocycles. The van der Waals surface area contributed by atoms with E-state index >= 15 is 0 Å². The van der Waals surface area contributed by atoms with Crippen molar-refractivity contribution < 1.29 is 9.50 Å². The Labute approximate surface area is 212 Å². The van der Waals surface area contributed by atoms with E-state index in [2.05, 4.69) is 29.5 Å². The predicted molar refractivity (Wildman–Crippen MR) is 140 cm³/mol. The van der Waals surface area contributed by atoms with Gasteiger partial charge in [-0.1, -0.05) is 42.8 Å². The number of hydrogen-bond donors (Lipinski definition) is 3. The highest BCUT2D eigenvalue weighted by Crippen LogP contribution is 2.45. The van der Waals surface area contributed by atoms with Crippen LogP contribution >= 0.6 is 22.9 Å². The number of nitrogens with zero attached hydrogens (tertiary/aromatic N) is 3. The summed E-state index contributed by atoms with van der Waals surface area (Å²) in [7, 11) is 0. The maximum Gasteiger partial charge on any atom is 0.226 e. The van der Waals surface area contributed by atoms with Gasteiger partial charge in [-0.15, -0.1) is 11.3 Å². The maximum absolute atomic E-state index is 13.6. The molecule has 0 amide bonds. The van der Waals surface area contributed by atoms with Crippen molar-refractivity contribution in [3.05, 3.63) is 65.1 Å². The fraction of sp³-hybridized carbons (Fsp3) is 0.346. The van der Waals surface area contributed by atoms with Gasteiger partial charge in [-0.2, -0.15) is 4.98 Å². The van der Waals surface area contributed by atoms with Gasteiger partial charge in [0, 0.05) is 18.7 Å². The molecule has 1 aliphatic rings. The van der Waals surface area contributed by atoms with Crippen LogP contribution in [-0.4, -0.2) is 32.2 Å². The van der Waals surface area contributed by atoms with Crippen molar-refractivity contribution in [3.8, 4) is 10.6 Å². The lowest BCUT2D eigenvalue weighted by Crippen LogP contribution is -2.40. The van der Waals surface area contributed by atoms with Crippen LogP contribution in [0.1, 0.15) is 32.3 Å². The monoisotopic (exact) mass is 511 g/mol. The number of rotatable bonds is 7. The normalized spacial score (nSPS) is 22.0. The number of aliphatic hydroxyl groups excluding tert-OH is 1. The Kier molecular flexibility index (Phi) is 6.61. The van der Waals surface area contributed by atoms with E-state index in [0.29, 0.717) is 23.9 Å². The van der Waals surface area contributed by atoms with Crippen LogP contribution in [0, 0.1) is 17.7 Å². The lowest BCUT2D eigenvalue weighted by atomic mass is 9.86. The van der Waals surface area contributed by atoms with E-state index in [1.807, 2.05) is 30.3 Å². The highest BCUT2D eigenvalue weighted by atomic mass is 35.5. The van der Waals surface area contributed by atoms with Crippen molar-refractivity contribution in [1.29, 1.82) is 0 Å². The average Bonchev–Trinajstić information content (AvgIpc) is 3.38. The summed E-state index contributed by atoms with van der Waals surface area (Å²) in [4.78, 5) is 14.1. The highest BCUT2D eigenvalue weighted by molar-refractivity contribution is 7.21. The van der Waals surface area contributed by atoms with Crippen molar-refractivity contribution in [3.63, 3.8) is 0 Å². The van der Waals surface area contributed by atoms with Gasteiger partial charge < -0.3 is 15.7 Å². The number of benzene rings is 2. The Morgan fingerprint density at radius 1 is 1.17 bits per heavy atom. The first-order valence-corrected chi connectivity index (χ1v) is 12.9. The second kappa shape index (κ2) is 9.68. The molecule has 3 atom stereocenters. The lowest BCUT2D eigenvalue weighted by Gasteiger charge is -2.33. The number of halogens is 2. The van der Waals surface area contributed by atoms with E-state index in [9.17, 15) is 9.50 Å². The van der Waals surface area contributed by atoms with E-state index in [1.54, 1.807) is 17.4 Å². The molecule has 2 heterocycles. The van der Waals surface area contributed by atoms with Gasteiger partial charge in [0.05, 0.1) is 15.8 Å². The van der Waals surface area contributed by atoms with E-state index in [1.165, 1.54) is 12.1 Å². The van der Waals surface area contributed by atoms with Crippen LogP contribution in [0.25, 0.3) is 20.8 Å². The smallest absolute Gasteiger partial charge is 0.226 e. The van der Waals surface area contributed by atoms with Crippen molar-refractivity contribution in [2.45, 2.75) is 38.8 Å². The zero-order valence-electron chi connectivity index (χ0n) is 19.6. The number of nitrogens with one attached hydrogen (secondary N) is 2. The van der Waals surface area contributed by atoms with Gasteiger partial charge in [-0.25, -0.2) is 14.4 Å². The molecule has 6 nitrogen and oxygen atoms in total. The third kappa shape index (κ3) is 4.83. The van der Waals surface area contributed by atoms with Crippen LogP contribution in [0.3, 0.4) is 0 Å². The predicted octanol–water partition coefficient (Wildman–Crippen LogP) is 6.37. The van der Waals surface area contributed by atoms with Crippen molar-refractivity contribution >= 4 is 44.9 Å². The molecule has 3 unspecified atom stereocenters. The third-order valence-corrected chi connectivity index (χ3v) is 8.42. The molecule has 0 saturated heterocycles. The molecule has 3 N–H and O–H groups in total. The number of para-hydroxylation sites is 1. The molecule has 182 valence electrons. The van der Waals surface area contributed by atoms with E-state index in [4.69, 9.17) is 21.6 Å². The molecule has 1 fully saturated rings. The minimum Gasteiger partial charge on any atom is -0.396 e. The second-order valence-corrected chi connectivity index (χ2v) is 10.7. The first kappa shape index (κ1) is 23.9. The molecule has 9 heteroatoms. The SMILES string of the molecule is CC1C(CO)CCC1(C)Nc1nc(NCc2cccc(F)c2)nc(Cl)c1-c1nc2ccccc2s1. The van der Waals surface area contributed by atoms with E-state index in [0.717, 1.165) is 33.6 Å². The first-order valence-electron chi connectivity index (χ1n) is 11.7. The summed E-state index contributed by atoms with van der Waals surface area (Å²) in [5.74, 6) is 1.10. The Morgan fingerprint density at radius 3 is 2.74 bits per heavy atom. The summed E-state index contributed by atoms with van der Waals surface area (Å²) in [5, 5.41) is 17.7. The zero-order valence-corrected chi connectivity index (χ0v) is 21.1. The molecule has 5 rings (SSSR count). The molecule has 0 aliphatic heterocycles. The fourth-order valence-corrected chi connectivity index (χ4v) is 6.11. The van der Waals surface area contributed by atoms with Gasteiger partial charge in [0.2, 0.25) is 5.95 Å². The summed E-state index contributed by atoms with van der Waals surface area (Å²) in [6.07, 6.45) is 1.83. The Bertz CT molecular complexity index is 1330. The van der Waals surface area contributed by atoms with Crippen LogP contribution in [0.5, 0.6) is 0 Å². The van der Waals surface area contributed by atoms with Gasteiger partial charge in [0.15, 0.2) is 0 Å². The largest absolute Gasteiger partial charge is 0.396 e. The number of fused-ring (bicyclic) bond motifs is 1. The van der Waals surface area contributed by atoms with Crippen molar-refractivity contribution in [1.82, 2.24) is 15.0 Å². The molecule has 0 radical (unpaired) electrons. The molecule has 2 aromatic carbocycles. The topological polar surface area (TPSA) is 83.0 Å². The summed E-state index contributed by atoms with van der Waals surface area (Å²) in [6.45, 7) is 4.83. The number of aromatic nitrogens is 3. The summed E-state index contributed by atoms with van der Waals surface area (Å²) in [5.41, 5.74) is 2.04. The Morgan fingerprint density at radius 2 is 2.00 bits per heavy atom. The Balaban J connectivity index is 1.53. The molecule has 0 bridgehead atoms. The van der Waals surface area contributed by atoms with Crippen LogP contribution in [-0.2, 0) is 6.54 Å². The standard InChI is InChI=1S/C26H27ClFN5OS/c1-15-17(14-34)10-11-26(15,2)33-23-21(24-30-19-8-3-4-9-20(19)35-24)22(27)31-25(32-23)29-13-16-6-5-7-18(28)12-16/h3-9,12,15,17,34H,10-11,13-14H2,1-2H3,(H2,29,31,32,33). The van der Waals surface area contributed by atoms with Crippen LogP contribution in [0.2, 0.25) is 5.15 Å². The van der Waals surface area contributed by atoms with Gasteiger partial charge in [-0.3, -0.25) is 0 Å². The number of hydrogen-bond acceptors (Lipinski definition) is 7. The zero-order chi connectivity index (χ0) is 24.6. The summed E-state index contributed by atoms with van der Waals surface area (Å²) < 4.78 is 14.7. The van der Waals surface area contributed by atoms with Gasteiger partial charge in [-0.05, 0) is 61.4 Å². The minimum atomic E-state index is -0.293. The fourth-order valence-electron chi connectivity index (χ4n) is 4.78. The van der Waals surface area contributed by atoms with Crippen molar-refractivity contribution in [2.75, 3.05) is 17.2 Å². The summed E-state index contributed by atoms with van der Waals surface area (Å²) in [6, 6.07) is 14.3. The average molecular weight is 512 g/mol. The lowest BCUT2D eigenvalue weighted by molar-refractivity contribution is 0.187. The van der Waals surface area contributed by atoms with Crippen molar-refractivity contribution in [2.24, 2.45) is 11.8 Å². The van der Waals surface area contributed by atoms with Crippen LogP contribution in [0.4, 0.5) is 16.2 Å². The second-order valence-electron chi connectivity index (χ2n) is 9.34. The number of thiazole rings is 1. The molecular weight excluding hydrogens is 485 g/mol. The molecule has 1 saturated carbocycles. The highest BCUT2D eigenvalue weighted by Gasteiger charge is 2.43. The summed E-state index contributed by atoms with van der Waals surface area (Å²) >= 11 is 8.30. The van der Waals surface area contributed by atoms with E-state index < -0.39 is 0 Å². The van der Waals surface area contributed by atoms with Gasteiger partial charge >= 0.3 is 0 Å². The minimum absolute atomic E-state index is 0.161. The number of aliphatic hydroxyl groups is 1. The van der Waals surface area contributed by atoms with Gasteiger partial charge in [0.1, 0.15) is 21.8 Å². The quantitative estimate of drug-likeness (QED) is 0.250.